The number of phenols is 1. The summed E-state index contributed by atoms with van der Waals surface area (Å²) < 4.78 is 0. The number of nitrogens with zero attached hydrogens (tertiary/aromatic N) is 3. The number of nitro benzene ring substituents is 1. The van der Waals surface area contributed by atoms with E-state index in [0.717, 1.165) is 21.1 Å². The summed E-state index contributed by atoms with van der Waals surface area (Å²) in [4.78, 5) is 27.8. The fourth-order valence-corrected chi connectivity index (χ4v) is 3.49. The maximum Gasteiger partial charge on any atom is 0.271 e. The fourth-order valence-electron chi connectivity index (χ4n) is 2.47. The molecule has 28 heavy (non-hydrogen) atoms. The van der Waals surface area contributed by atoms with E-state index in [2.05, 4.69) is 15.5 Å². The van der Waals surface area contributed by atoms with Crippen molar-refractivity contribution in [2.45, 2.75) is 13.8 Å². The number of thiazole rings is 1. The van der Waals surface area contributed by atoms with E-state index in [1.54, 1.807) is 31.2 Å². The van der Waals surface area contributed by atoms with Crippen LogP contribution in [0, 0.1) is 17.0 Å². The average molecular weight is 396 g/mol. The SMILES string of the molecule is C/C(=N\NC(=O)c1cccc([N+](=O)[O-])c1)c1sc(-c2ccc(O)cc2)nc1C. The number of hydrogen-bond donors (Lipinski definition) is 2. The molecule has 1 amide bonds. The molecule has 142 valence electrons. The number of aromatic hydroxyl groups is 1. The van der Waals surface area contributed by atoms with Crippen LogP contribution in [0.25, 0.3) is 10.6 Å². The Balaban J connectivity index is 1.78. The molecule has 8 nitrogen and oxygen atoms in total. The third-order valence-corrected chi connectivity index (χ3v) is 5.20. The molecule has 0 radical (unpaired) electrons. The van der Waals surface area contributed by atoms with Gasteiger partial charge in [0, 0.05) is 23.3 Å². The average Bonchev–Trinajstić information content (AvgIpc) is 3.08. The van der Waals surface area contributed by atoms with Gasteiger partial charge in [-0.25, -0.2) is 10.4 Å². The minimum Gasteiger partial charge on any atom is -0.508 e. The lowest BCUT2D eigenvalue weighted by Gasteiger charge is -2.02. The summed E-state index contributed by atoms with van der Waals surface area (Å²) >= 11 is 1.42. The largest absolute Gasteiger partial charge is 0.508 e. The molecule has 1 heterocycles. The zero-order valence-corrected chi connectivity index (χ0v) is 15.9. The van der Waals surface area contributed by atoms with Gasteiger partial charge in [-0.3, -0.25) is 14.9 Å². The second-order valence-electron chi connectivity index (χ2n) is 5.93. The lowest BCUT2D eigenvalue weighted by Crippen LogP contribution is -2.19. The van der Waals surface area contributed by atoms with E-state index in [-0.39, 0.29) is 17.0 Å². The van der Waals surface area contributed by atoms with Crippen molar-refractivity contribution in [3.05, 3.63) is 74.8 Å². The van der Waals surface area contributed by atoms with E-state index in [1.807, 2.05) is 6.92 Å². The second-order valence-corrected chi connectivity index (χ2v) is 6.93. The molecule has 0 aliphatic rings. The quantitative estimate of drug-likeness (QED) is 0.385. The van der Waals surface area contributed by atoms with E-state index >= 15 is 0 Å². The van der Waals surface area contributed by atoms with Gasteiger partial charge in [-0.2, -0.15) is 5.10 Å². The first-order valence-electron chi connectivity index (χ1n) is 8.21. The number of carbonyl (C=O) groups excluding carboxylic acids is 1. The zero-order valence-electron chi connectivity index (χ0n) is 15.0. The molecule has 9 heteroatoms. The molecule has 3 aromatic rings. The first-order valence-corrected chi connectivity index (χ1v) is 9.03. The summed E-state index contributed by atoms with van der Waals surface area (Å²) in [5.74, 6) is -0.358. The van der Waals surface area contributed by atoms with Crippen molar-refractivity contribution < 1.29 is 14.8 Å². The van der Waals surface area contributed by atoms with Crippen LogP contribution in [0.5, 0.6) is 5.75 Å². The number of phenolic OH excluding ortho intramolecular Hbond substituents is 1. The number of rotatable bonds is 5. The van der Waals surface area contributed by atoms with Crippen molar-refractivity contribution in [1.82, 2.24) is 10.4 Å². The predicted molar refractivity (Wildman–Crippen MR) is 107 cm³/mol. The van der Waals surface area contributed by atoms with Gasteiger partial charge < -0.3 is 5.11 Å². The predicted octanol–water partition coefficient (Wildman–Crippen LogP) is 3.89. The molecule has 0 unspecified atom stereocenters. The van der Waals surface area contributed by atoms with Crippen LogP contribution in [-0.4, -0.2) is 26.6 Å². The van der Waals surface area contributed by atoms with Crippen molar-refractivity contribution in [3.8, 4) is 16.3 Å². The van der Waals surface area contributed by atoms with Gasteiger partial charge in [0.05, 0.1) is 21.2 Å². The highest BCUT2D eigenvalue weighted by Crippen LogP contribution is 2.29. The van der Waals surface area contributed by atoms with Gasteiger partial charge in [-0.1, -0.05) is 6.07 Å². The molecule has 0 fully saturated rings. The van der Waals surface area contributed by atoms with Crippen LogP contribution in [0.15, 0.2) is 53.6 Å². The van der Waals surface area contributed by atoms with Gasteiger partial charge in [-0.05, 0) is 44.2 Å². The number of amides is 1. The molecule has 0 saturated heterocycles. The first-order chi connectivity index (χ1) is 13.3. The molecule has 2 N–H and O–H groups in total. The molecule has 0 bridgehead atoms. The summed E-state index contributed by atoms with van der Waals surface area (Å²) in [5.41, 5.74) is 4.60. The highest BCUT2D eigenvalue weighted by molar-refractivity contribution is 7.17. The molecule has 0 aliphatic carbocycles. The number of hydrazone groups is 1. The van der Waals surface area contributed by atoms with E-state index in [1.165, 1.54) is 35.6 Å². The Hall–Kier alpha value is -3.59. The van der Waals surface area contributed by atoms with Gasteiger partial charge in [-0.15, -0.1) is 11.3 Å². The molecular formula is C19H16N4O4S. The smallest absolute Gasteiger partial charge is 0.271 e. The molecule has 3 rings (SSSR count). The van der Waals surface area contributed by atoms with Crippen molar-refractivity contribution in [3.63, 3.8) is 0 Å². The minimum atomic E-state index is -0.559. The van der Waals surface area contributed by atoms with Gasteiger partial charge in [0.25, 0.3) is 11.6 Å². The lowest BCUT2D eigenvalue weighted by molar-refractivity contribution is -0.384. The fraction of sp³-hybridized carbons (Fsp3) is 0.105. The summed E-state index contributed by atoms with van der Waals surface area (Å²) in [5, 5.41) is 25.1. The topological polar surface area (TPSA) is 118 Å². The van der Waals surface area contributed by atoms with Crippen molar-refractivity contribution >= 4 is 28.6 Å². The Bertz CT molecular complexity index is 1070. The van der Waals surface area contributed by atoms with Gasteiger partial charge in [0.15, 0.2) is 0 Å². The maximum atomic E-state index is 12.2. The highest BCUT2D eigenvalue weighted by Gasteiger charge is 2.14. The number of aromatic nitrogens is 1. The van der Waals surface area contributed by atoms with Crippen LogP contribution in [0.2, 0.25) is 0 Å². The van der Waals surface area contributed by atoms with Crippen LogP contribution in [0.1, 0.15) is 27.9 Å². The van der Waals surface area contributed by atoms with Crippen LogP contribution in [0.4, 0.5) is 5.69 Å². The molecule has 0 atom stereocenters. The van der Waals surface area contributed by atoms with Gasteiger partial charge >= 0.3 is 0 Å². The van der Waals surface area contributed by atoms with Crippen LogP contribution >= 0.6 is 11.3 Å². The van der Waals surface area contributed by atoms with Crippen molar-refractivity contribution in [2.24, 2.45) is 5.10 Å². The number of non-ortho nitro benzene ring substituents is 1. The number of nitrogens with one attached hydrogen (secondary N) is 1. The summed E-state index contributed by atoms with van der Waals surface area (Å²) in [7, 11) is 0. The second kappa shape index (κ2) is 7.97. The summed E-state index contributed by atoms with van der Waals surface area (Å²) in [6.07, 6.45) is 0. The van der Waals surface area contributed by atoms with E-state index < -0.39 is 10.8 Å². The molecule has 1 aromatic heterocycles. The number of nitro groups is 1. The van der Waals surface area contributed by atoms with Crippen LogP contribution < -0.4 is 5.43 Å². The Kier molecular flexibility index (Phi) is 5.46. The van der Waals surface area contributed by atoms with Crippen LogP contribution in [0.3, 0.4) is 0 Å². The maximum absolute atomic E-state index is 12.2. The lowest BCUT2D eigenvalue weighted by atomic mass is 10.2. The zero-order chi connectivity index (χ0) is 20.3. The number of carbonyl (C=O) groups is 1. The van der Waals surface area contributed by atoms with E-state index in [4.69, 9.17) is 0 Å². The first kappa shape index (κ1) is 19.2. The standard InChI is InChI=1S/C19H16N4O4S/c1-11-17(28-19(20-11)13-6-8-16(24)9-7-13)12(2)21-22-18(25)14-4-3-5-15(10-14)23(26)27/h3-10,24H,1-2H3,(H,22,25)/b21-12+. The Morgan fingerprint density at radius 1 is 1.25 bits per heavy atom. The molecule has 2 aromatic carbocycles. The summed E-state index contributed by atoms with van der Waals surface area (Å²) in [6.45, 7) is 3.59. The van der Waals surface area contributed by atoms with E-state index in [9.17, 15) is 20.0 Å². The Morgan fingerprint density at radius 3 is 2.64 bits per heavy atom. The number of hydrogen-bond acceptors (Lipinski definition) is 7. The van der Waals surface area contributed by atoms with Gasteiger partial charge in [0.1, 0.15) is 10.8 Å². The molecule has 0 aliphatic heterocycles. The Labute approximate surface area is 164 Å². The Morgan fingerprint density at radius 2 is 1.96 bits per heavy atom. The highest BCUT2D eigenvalue weighted by atomic mass is 32.1. The minimum absolute atomic E-state index is 0.150. The number of benzene rings is 2. The van der Waals surface area contributed by atoms with Crippen molar-refractivity contribution in [1.29, 1.82) is 0 Å². The third-order valence-electron chi connectivity index (χ3n) is 3.88. The normalized spacial score (nSPS) is 11.3. The van der Waals surface area contributed by atoms with Crippen LogP contribution in [-0.2, 0) is 0 Å². The molecule has 0 spiro atoms. The number of aryl methyl sites for hydroxylation is 1. The molecular weight excluding hydrogens is 380 g/mol. The van der Waals surface area contributed by atoms with E-state index in [0.29, 0.717) is 5.71 Å². The monoisotopic (exact) mass is 396 g/mol. The van der Waals surface area contributed by atoms with Crippen molar-refractivity contribution in [2.75, 3.05) is 0 Å². The van der Waals surface area contributed by atoms with Gasteiger partial charge in [0.2, 0.25) is 0 Å². The molecule has 0 saturated carbocycles. The summed E-state index contributed by atoms with van der Waals surface area (Å²) in [6, 6.07) is 12.2. The third kappa shape index (κ3) is 4.21.